The van der Waals surface area contributed by atoms with E-state index >= 15 is 0 Å². The first-order valence-corrected chi connectivity index (χ1v) is 4.37. The highest BCUT2D eigenvalue weighted by atomic mass is 31.0. The van der Waals surface area contributed by atoms with Gasteiger partial charge in [0.25, 0.3) is 0 Å². The molecule has 0 saturated heterocycles. The number of unbranched alkanes of at least 4 members (excludes halogenated alkanes) is 2. The zero-order valence-corrected chi connectivity index (χ0v) is 8.40. The van der Waals surface area contributed by atoms with Crippen LogP contribution in [0.1, 0.15) is 26.2 Å². The van der Waals surface area contributed by atoms with Crippen LogP contribution in [-0.2, 0) is 9.32 Å². The molecule has 0 saturated carbocycles. The average molecular weight is 190 g/mol. The Balaban J connectivity index is 3.40. The van der Waals surface area contributed by atoms with Crippen LogP contribution in [0, 0.1) is 0 Å². The first-order chi connectivity index (χ1) is 5.68. The van der Waals surface area contributed by atoms with Gasteiger partial charge in [0, 0.05) is 15.0 Å². The summed E-state index contributed by atoms with van der Waals surface area (Å²) in [5.41, 5.74) is 0.418. The quantitative estimate of drug-likeness (QED) is 0.396. The van der Waals surface area contributed by atoms with Crippen molar-refractivity contribution in [2.24, 2.45) is 0 Å². The van der Waals surface area contributed by atoms with Crippen molar-refractivity contribution < 1.29 is 14.4 Å². The monoisotopic (exact) mass is 190 g/mol. The van der Waals surface area contributed by atoms with Gasteiger partial charge in [-0.25, -0.2) is 4.79 Å². The molecule has 12 heavy (non-hydrogen) atoms. The number of carboxylic acids is 1. The number of carboxylic acid groups (broad SMARTS) is 1. The fraction of sp³-hybridized carbons (Fsp3) is 0.625. The van der Waals surface area contributed by atoms with Gasteiger partial charge < -0.3 is 9.63 Å². The predicted molar refractivity (Wildman–Crippen MR) is 50.9 cm³/mol. The van der Waals surface area contributed by atoms with E-state index in [4.69, 9.17) is 9.63 Å². The Morgan fingerprint density at radius 3 is 2.75 bits per heavy atom. The van der Waals surface area contributed by atoms with Gasteiger partial charge in [-0.2, -0.15) is 0 Å². The summed E-state index contributed by atoms with van der Waals surface area (Å²) in [5.74, 6) is -0.836. The fourth-order valence-corrected chi connectivity index (χ4v) is 0.902. The van der Waals surface area contributed by atoms with E-state index in [0.717, 1.165) is 19.3 Å². The molecule has 70 valence electrons. The van der Waals surface area contributed by atoms with Gasteiger partial charge in [-0.05, 0) is 26.2 Å². The van der Waals surface area contributed by atoms with Crippen LogP contribution in [0.15, 0.2) is 11.6 Å². The molecule has 0 heterocycles. The molecule has 0 aliphatic carbocycles. The lowest BCUT2D eigenvalue weighted by Gasteiger charge is -1.96. The topological polar surface area (TPSA) is 46.5 Å². The van der Waals surface area contributed by atoms with Crippen molar-refractivity contribution in [1.29, 1.82) is 0 Å². The lowest BCUT2D eigenvalue weighted by molar-refractivity contribution is -0.132. The summed E-state index contributed by atoms with van der Waals surface area (Å²) in [4.78, 5) is 10.3. The van der Waals surface area contributed by atoms with Gasteiger partial charge in [-0.15, -0.1) is 0 Å². The summed E-state index contributed by atoms with van der Waals surface area (Å²) in [6, 6.07) is 0. The molecule has 0 rings (SSSR count). The predicted octanol–water partition coefficient (Wildman–Crippen LogP) is 1.99. The maximum atomic E-state index is 10.3. The molecule has 1 unspecified atom stereocenters. The van der Waals surface area contributed by atoms with E-state index in [9.17, 15) is 4.79 Å². The van der Waals surface area contributed by atoms with Crippen molar-refractivity contribution in [2.75, 3.05) is 6.61 Å². The highest BCUT2D eigenvalue weighted by molar-refractivity contribution is 7.09. The molecule has 1 atom stereocenters. The van der Waals surface area contributed by atoms with Gasteiger partial charge in [0.15, 0.2) is 0 Å². The first kappa shape index (κ1) is 11.6. The minimum absolute atomic E-state index is 0.418. The average Bonchev–Trinajstić information content (AvgIpc) is 2.03. The number of aliphatic carboxylic acids is 1. The van der Waals surface area contributed by atoms with E-state index in [1.165, 1.54) is 0 Å². The van der Waals surface area contributed by atoms with Crippen LogP contribution < -0.4 is 0 Å². The summed E-state index contributed by atoms with van der Waals surface area (Å²) in [6.45, 7) is 2.32. The van der Waals surface area contributed by atoms with Crippen LogP contribution in [0.5, 0.6) is 0 Å². The molecule has 0 aliphatic heterocycles. The second-order valence-corrected chi connectivity index (χ2v) is 2.89. The zero-order chi connectivity index (χ0) is 9.40. The molecule has 0 amide bonds. The molecule has 3 nitrogen and oxygen atoms in total. The first-order valence-electron chi connectivity index (χ1n) is 3.90. The third-order valence-electron chi connectivity index (χ3n) is 1.50. The summed E-state index contributed by atoms with van der Waals surface area (Å²) >= 11 is 0. The number of hydrogen-bond acceptors (Lipinski definition) is 2. The van der Waals surface area contributed by atoms with Crippen molar-refractivity contribution in [3.8, 4) is 0 Å². The second-order valence-electron chi connectivity index (χ2n) is 2.56. The van der Waals surface area contributed by atoms with Crippen molar-refractivity contribution in [3.63, 3.8) is 0 Å². The van der Waals surface area contributed by atoms with Gasteiger partial charge in [0.05, 0.1) is 6.61 Å². The zero-order valence-electron chi connectivity index (χ0n) is 7.25. The Kier molecular flexibility index (Phi) is 7.02. The third kappa shape index (κ3) is 6.32. The molecule has 0 aromatic rings. The molecule has 0 aromatic carbocycles. The summed E-state index contributed by atoms with van der Waals surface area (Å²) in [6.07, 6.45) is 4.49. The van der Waals surface area contributed by atoms with Crippen molar-refractivity contribution in [1.82, 2.24) is 0 Å². The van der Waals surface area contributed by atoms with E-state index in [1.807, 2.05) is 0 Å². The Labute approximate surface area is 75.1 Å². The van der Waals surface area contributed by atoms with Crippen LogP contribution in [0.4, 0.5) is 0 Å². The molecule has 0 radical (unpaired) electrons. The van der Waals surface area contributed by atoms with E-state index in [2.05, 4.69) is 9.47 Å². The fourth-order valence-electron chi connectivity index (χ4n) is 0.736. The molecule has 0 spiro atoms. The summed E-state index contributed by atoms with van der Waals surface area (Å²) < 4.78 is 4.78. The largest absolute Gasteiger partial charge is 0.478 e. The molecule has 0 aromatic heterocycles. The lowest BCUT2D eigenvalue weighted by Crippen LogP contribution is -1.95. The molecule has 4 heteroatoms. The van der Waals surface area contributed by atoms with Gasteiger partial charge in [0.2, 0.25) is 0 Å². The van der Waals surface area contributed by atoms with Gasteiger partial charge in [0.1, 0.15) is 0 Å². The second kappa shape index (κ2) is 7.26. The SMILES string of the molecule is CC(=CCCCCOP)C(=O)O. The maximum absolute atomic E-state index is 10.3. The normalized spacial score (nSPS) is 11.7. The Morgan fingerprint density at radius 1 is 1.58 bits per heavy atom. The van der Waals surface area contributed by atoms with Crippen LogP contribution in [-0.4, -0.2) is 17.7 Å². The van der Waals surface area contributed by atoms with E-state index < -0.39 is 5.97 Å². The van der Waals surface area contributed by atoms with Crippen molar-refractivity contribution >= 4 is 15.4 Å². The molecule has 0 aliphatic rings. The molecular formula is C8H15O3P. The molecule has 0 bridgehead atoms. The Morgan fingerprint density at radius 2 is 2.25 bits per heavy atom. The summed E-state index contributed by atoms with van der Waals surface area (Å²) in [7, 11) is 2.19. The highest BCUT2D eigenvalue weighted by Gasteiger charge is 1.97. The summed E-state index contributed by atoms with van der Waals surface area (Å²) in [5, 5.41) is 8.49. The Bertz CT molecular complexity index is 166. The van der Waals surface area contributed by atoms with Crippen LogP contribution in [0.2, 0.25) is 0 Å². The lowest BCUT2D eigenvalue weighted by atomic mass is 10.2. The maximum Gasteiger partial charge on any atom is 0.330 e. The van der Waals surface area contributed by atoms with E-state index in [1.54, 1.807) is 13.0 Å². The van der Waals surface area contributed by atoms with Gasteiger partial charge in [-0.3, -0.25) is 0 Å². The van der Waals surface area contributed by atoms with Crippen LogP contribution >= 0.6 is 9.47 Å². The number of allylic oxidation sites excluding steroid dienone is 1. The standard InChI is InChI=1S/C8H15O3P/c1-7(8(9)10)5-3-2-4-6-11-12/h5H,2-4,6,12H2,1H3,(H,9,10). The number of carbonyl (C=O) groups is 1. The van der Waals surface area contributed by atoms with Crippen molar-refractivity contribution in [2.45, 2.75) is 26.2 Å². The Hall–Kier alpha value is -0.400. The minimum atomic E-state index is -0.836. The minimum Gasteiger partial charge on any atom is -0.478 e. The third-order valence-corrected chi connectivity index (χ3v) is 1.74. The highest BCUT2D eigenvalue weighted by Crippen LogP contribution is 2.02. The van der Waals surface area contributed by atoms with Gasteiger partial charge in [-0.1, -0.05) is 6.08 Å². The van der Waals surface area contributed by atoms with Crippen LogP contribution in [0.3, 0.4) is 0 Å². The molecule has 1 N–H and O–H groups in total. The van der Waals surface area contributed by atoms with Gasteiger partial charge >= 0.3 is 5.97 Å². The van der Waals surface area contributed by atoms with Crippen molar-refractivity contribution in [3.05, 3.63) is 11.6 Å². The van der Waals surface area contributed by atoms with Crippen LogP contribution in [0.25, 0.3) is 0 Å². The van der Waals surface area contributed by atoms with E-state index in [0.29, 0.717) is 12.2 Å². The molecular weight excluding hydrogens is 175 g/mol. The number of rotatable bonds is 6. The number of hydrogen-bond donors (Lipinski definition) is 1. The molecule has 0 fully saturated rings. The smallest absolute Gasteiger partial charge is 0.330 e. The van der Waals surface area contributed by atoms with E-state index in [-0.39, 0.29) is 0 Å².